The van der Waals surface area contributed by atoms with Gasteiger partial charge in [-0.3, -0.25) is 0 Å². The largest absolute Gasteiger partial charge is 0.324 e. The van der Waals surface area contributed by atoms with Crippen molar-refractivity contribution in [2.45, 2.75) is 30.2 Å². The highest BCUT2D eigenvalue weighted by Crippen LogP contribution is 2.31. The van der Waals surface area contributed by atoms with Gasteiger partial charge in [0, 0.05) is 28.5 Å². The lowest BCUT2D eigenvalue weighted by Gasteiger charge is -2.21. The van der Waals surface area contributed by atoms with E-state index in [-0.39, 0.29) is 6.04 Å². The Kier molecular flexibility index (Phi) is 3.18. The average molecular weight is 258 g/mol. The van der Waals surface area contributed by atoms with Crippen LogP contribution >= 0.6 is 11.8 Å². The normalized spacial score (nSPS) is 18.7. The van der Waals surface area contributed by atoms with Gasteiger partial charge in [-0.2, -0.15) is 0 Å². The molecule has 2 aromatic rings. The van der Waals surface area contributed by atoms with E-state index in [1.165, 1.54) is 28.3 Å². The summed E-state index contributed by atoms with van der Waals surface area (Å²) in [6, 6.07) is 11.1. The molecule has 0 saturated heterocycles. The van der Waals surface area contributed by atoms with Crippen LogP contribution in [-0.2, 0) is 6.42 Å². The van der Waals surface area contributed by atoms with Crippen molar-refractivity contribution in [2.75, 3.05) is 6.26 Å². The molecule has 0 bridgehead atoms. The van der Waals surface area contributed by atoms with Crippen LogP contribution < -0.4 is 5.73 Å². The van der Waals surface area contributed by atoms with Gasteiger partial charge in [-0.1, -0.05) is 6.07 Å². The minimum atomic E-state index is 0.221. The van der Waals surface area contributed by atoms with Crippen LogP contribution in [0.25, 0.3) is 5.69 Å². The predicted octanol–water partition coefficient (Wildman–Crippen LogP) is 3.54. The smallest absolute Gasteiger partial charge is 0.0463 e. The fraction of sp³-hybridized carbons (Fsp3) is 0.333. The molecule has 0 aliphatic heterocycles. The first-order chi connectivity index (χ1) is 8.79. The second-order valence-corrected chi connectivity index (χ2v) is 5.67. The number of fused-ring (bicyclic) bond motifs is 1. The van der Waals surface area contributed by atoms with E-state index in [0.29, 0.717) is 0 Å². The molecule has 1 unspecified atom stereocenters. The van der Waals surface area contributed by atoms with Gasteiger partial charge in [0.25, 0.3) is 0 Å². The number of nitrogens with two attached hydrogens (primary N) is 1. The summed E-state index contributed by atoms with van der Waals surface area (Å²) in [5.74, 6) is 0. The maximum atomic E-state index is 6.18. The van der Waals surface area contributed by atoms with Crippen LogP contribution in [-0.4, -0.2) is 10.8 Å². The standard InChI is InChI=1S/C15H18N2S/c1-18-12-5-2-4-11(10-12)17-9-8-13-14(16)6-3-7-15(13)17/h2,4-5,8-10,14H,3,6-7,16H2,1H3. The summed E-state index contributed by atoms with van der Waals surface area (Å²) < 4.78 is 2.30. The summed E-state index contributed by atoms with van der Waals surface area (Å²) in [6.45, 7) is 0. The van der Waals surface area contributed by atoms with Crippen molar-refractivity contribution in [2.24, 2.45) is 5.73 Å². The van der Waals surface area contributed by atoms with Crippen LogP contribution in [0.4, 0.5) is 0 Å². The molecule has 1 aliphatic carbocycles. The molecule has 2 nitrogen and oxygen atoms in total. The van der Waals surface area contributed by atoms with Gasteiger partial charge in [-0.15, -0.1) is 11.8 Å². The lowest BCUT2D eigenvalue weighted by Crippen LogP contribution is -2.17. The molecule has 0 fully saturated rings. The maximum absolute atomic E-state index is 6.18. The van der Waals surface area contributed by atoms with E-state index in [4.69, 9.17) is 5.73 Å². The van der Waals surface area contributed by atoms with Gasteiger partial charge in [0.05, 0.1) is 0 Å². The van der Waals surface area contributed by atoms with E-state index in [1.807, 2.05) is 0 Å². The third kappa shape index (κ3) is 1.98. The fourth-order valence-electron chi connectivity index (χ4n) is 2.73. The Labute approximate surface area is 112 Å². The van der Waals surface area contributed by atoms with Gasteiger partial charge in [-0.05, 0) is 55.3 Å². The minimum Gasteiger partial charge on any atom is -0.324 e. The molecule has 1 aliphatic rings. The van der Waals surface area contributed by atoms with E-state index in [0.717, 1.165) is 12.8 Å². The maximum Gasteiger partial charge on any atom is 0.0463 e. The number of hydrogen-bond donors (Lipinski definition) is 1. The Morgan fingerprint density at radius 1 is 1.33 bits per heavy atom. The molecule has 3 rings (SSSR count). The summed E-state index contributed by atoms with van der Waals surface area (Å²) in [6.07, 6.45) is 7.72. The molecular weight excluding hydrogens is 240 g/mol. The quantitative estimate of drug-likeness (QED) is 0.835. The monoisotopic (exact) mass is 258 g/mol. The van der Waals surface area contributed by atoms with Crippen molar-refractivity contribution in [3.63, 3.8) is 0 Å². The Balaban J connectivity index is 2.06. The zero-order valence-corrected chi connectivity index (χ0v) is 11.4. The van der Waals surface area contributed by atoms with E-state index in [9.17, 15) is 0 Å². The first-order valence-electron chi connectivity index (χ1n) is 6.39. The summed E-state index contributed by atoms with van der Waals surface area (Å²) in [4.78, 5) is 1.30. The van der Waals surface area contributed by atoms with E-state index in [2.05, 4.69) is 47.4 Å². The molecule has 0 spiro atoms. The Hall–Kier alpha value is -1.19. The molecular formula is C15H18N2S. The zero-order chi connectivity index (χ0) is 12.5. The third-order valence-electron chi connectivity index (χ3n) is 3.69. The average Bonchev–Trinajstić information content (AvgIpc) is 2.84. The van der Waals surface area contributed by atoms with Gasteiger partial charge in [0.2, 0.25) is 0 Å². The van der Waals surface area contributed by atoms with Gasteiger partial charge in [-0.25, -0.2) is 0 Å². The second kappa shape index (κ2) is 4.82. The number of rotatable bonds is 2. The van der Waals surface area contributed by atoms with Crippen LogP contribution in [0.3, 0.4) is 0 Å². The number of aromatic nitrogens is 1. The number of hydrogen-bond acceptors (Lipinski definition) is 2. The summed E-state index contributed by atoms with van der Waals surface area (Å²) >= 11 is 1.78. The first-order valence-corrected chi connectivity index (χ1v) is 7.62. The summed E-state index contributed by atoms with van der Waals surface area (Å²) in [5, 5.41) is 0. The van der Waals surface area contributed by atoms with Crippen LogP contribution in [0.15, 0.2) is 41.4 Å². The van der Waals surface area contributed by atoms with Crippen molar-refractivity contribution in [1.82, 2.24) is 4.57 Å². The summed E-state index contributed by atoms with van der Waals surface area (Å²) in [7, 11) is 0. The van der Waals surface area contributed by atoms with E-state index < -0.39 is 0 Å². The molecule has 1 heterocycles. The molecule has 18 heavy (non-hydrogen) atoms. The summed E-state index contributed by atoms with van der Waals surface area (Å²) in [5.41, 5.74) is 10.1. The van der Waals surface area contributed by atoms with Crippen molar-refractivity contribution < 1.29 is 0 Å². The number of nitrogens with zero attached hydrogens (tertiary/aromatic N) is 1. The second-order valence-electron chi connectivity index (χ2n) is 4.79. The lowest BCUT2D eigenvalue weighted by atomic mass is 9.93. The molecule has 0 amide bonds. The van der Waals surface area contributed by atoms with Crippen LogP contribution in [0.2, 0.25) is 0 Å². The van der Waals surface area contributed by atoms with Crippen molar-refractivity contribution in [3.8, 4) is 5.69 Å². The topological polar surface area (TPSA) is 30.9 Å². The molecule has 0 saturated carbocycles. The van der Waals surface area contributed by atoms with Gasteiger partial charge < -0.3 is 10.3 Å². The highest BCUT2D eigenvalue weighted by molar-refractivity contribution is 7.98. The molecule has 1 aromatic heterocycles. The Bertz CT molecular complexity index is 559. The van der Waals surface area contributed by atoms with Crippen LogP contribution in [0, 0.1) is 0 Å². The van der Waals surface area contributed by atoms with Crippen molar-refractivity contribution in [3.05, 3.63) is 47.8 Å². The molecule has 94 valence electrons. The first kappa shape index (κ1) is 11.9. The fourth-order valence-corrected chi connectivity index (χ4v) is 3.18. The highest BCUT2D eigenvalue weighted by atomic mass is 32.2. The molecule has 1 aromatic carbocycles. The third-order valence-corrected chi connectivity index (χ3v) is 4.41. The van der Waals surface area contributed by atoms with Gasteiger partial charge in [0.15, 0.2) is 0 Å². The number of benzene rings is 1. The zero-order valence-electron chi connectivity index (χ0n) is 10.6. The molecule has 1 atom stereocenters. The predicted molar refractivity (Wildman–Crippen MR) is 77.4 cm³/mol. The molecule has 3 heteroatoms. The number of thioether (sulfide) groups is 1. The molecule has 0 radical (unpaired) electrons. The van der Waals surface area contributed by atoms with Crippen LogP contribution in [0.5, 0.6) is 0 Å². The minimum absolute atomic E-state index is 0.221. The Morgan fingerprint density at radius 2 is 2.22 bits per heavy atom. The van der Waals surface area contributed by atoms with E-state index in [1.54, 1.807) is 11.8 Å². The van der Waals surface area contributed by atoms with Crippen LogP contribution in [0.1, 0.15) is 30.1 Å². The van der Waals surface area contributed by atoms with E-state index >= 15 is 0 Å². The highest BCUT2D eigenvalue weighted by Gasteiger charge is 2.20. The molecule has 2 N–H and O–H groups in total. The lowest BCUT2D eigenvalue weighted by molar-refractivity contribution is 0.560. The van der Waals surface area contributed by atoms with Crippen molar-refractivity contribution in [1.29, 1.82) is 0 Å². The Morgan fingerprint density at radius 3 is 3.06 bits per heavy atom. The van der Waals surface area contributed by atoms with Crippen molar-refractivity contribution >= 4 is 11.8 Å². The van der Waals surface area contributed by atoms with Gasteiger partial charge in [0.1, 0.15) is 0 Å². The SMILES string of the molecule is CSc1cccc(-n2ccc3c2CCCC3N)c1. The van der Waals surface area contributed by atoms with Gasteiger partial charge >= 0.3 is 0 Å².